The molecule has 0 spiro atoms. The fraction of sp³-hybridized carbons (Fsp3) is 0.882. The van der Waals surface area contributed by atoms with Crippen LogP contribution in [0.1, 0.15) is 52.9 Å². The second-order valence-corrected chi connectivity index (χ2v) is 7.62. The number of hydrogen-bond donors (Lipinski definition) is 4. The van der Waals surface area contributed by atoms with Gasteiger partial charge < -0.3 is 21.7 Å². The van der Waals surface area contributed by atoms with Gasteiger partial charge in [-0.3, -0.25) is 9.59 Å². The Balaban J connectivity index is 0.000000231. The summed E-state index contributed by atoms with van der Waals surface area (Å²) in [5, 5.41) is 17.3. The van der Waals surface area contributed by atoms with Crippen LogP contribution in [0.2, 0.25) is 0 Å². The molecule has 2 saturated carbocycles. The van der Waals surface area contributed by atoms with Gasteiger partial charge >= 0.3 is 11.9 Å². The van der Waals surface area contributed by atoms with Gasteiger partial charge in [-0.15, -0.1) is 0 Å². The van der Waals surface area contributed by atoms with Crippen molar-refractivity contribution in [2.75, 3.05) is 13.1 Å². The third kappa shape index (κ3) is 4.04. The maximum Gasteiger partial charge on any atom is 0.303 e. The Hall–Kier alpha value is -1.14. The molecule has 4 atom stereocenters. The van der Waals surface area contributed by atoms with Gasteiger partial charge in [0.25, 0.3) is 0 Å². The highest BCUT2D eigenvalue weighted by molar-refractivity contribution is 5.68. The molecule has 0 saturated heterocycles. The summed E-state index contributed by atoms with van der Waals surface area (Å²) in [6.07, 6.45) is 3.70. The highest BCUT2D eigenvalue weighted by Crippen LogP contribution is 2.53. The predicted octanol–water partition coefficient (Wildman–Crippen LogP) is 1.92. The first-order valence-corrected chi connectivity index (χ1v) is 8.47. The van der Waals surface area contributed by atoms with Crippen molar-refractivity contribution < 1.29 is 19.8 Å². The number of nitrogens with two attached hydrogens (primary N) is 2. The molecule has 2 rings (SSSR count). The molecule has 0 aromatic carbocycles. The number of rotatable bonds is 6. The van der Waals surface area contributed by atoms with Gasteiger partial charge in [-0.05, 0) is 60.9 Å². The Morgan fingerprint density at radius 3 is 1.61 bits per heavy atom. The summed E-state index contributed by atoms with van der Waals surface area (Å²) in [7, 11) is 0. The van der Waals surface area contributed by atoms with E-state index in [0.29, 0.717) is 30.8 Å². The molecule has 6 heteroatoms. The topological polar surface area (TPSA) is 127 Å². The zero-order chi connectivity index (χ0) is 17.8. The van der Waals surface area contributed by atoms with Gasteiger partial charge in [-0.25, -0.2) is 0 Å². The lowest BCUT2D eigenvalue weighted by atomic mass is 9.52. The Kier molecular flexibility index (Phi) is 6.59. The van der Waals surface area contributed by atoms with Gasteiger partial charge in [0.2, 0.25) is 0 Å². The fourth-order valence-electron chi connectivity index (χ4n) is 4.21. The quantitative estimate of drug-likeness (QED) is 0.590. The van der Waals surface area contributed by atoms with Gasteiger partial charge in [0.15, 0.2) is 0 Å². The molecule has 6 nitrogen and oxygen atoms in total. The monoisotopic (exact) mass is 328 g/mol. The lowest BCUT2D eigenvalue weighted by Gasteiger charge is -2.52. The molecule has 0 radical (unpaired) electrons. The maximum atomic E-state index is 10.6. The number of aliphatic carboxylic acids is 2. The summed E-state index contributed by atoms with van der Waals surface area (Å²) in [6.45, 7) is 7.28. The van der Waals surface area contributed by atoms with E-state index >= 15 is 0 Å². The van der Waals surface area contributed by atoms with E-state index in [2.05, 4.69) is 20.8 Å². The number of hydrogen-bond acceptors (Lipinski definition) is 4. The van der Waals surface area contributed by atoms with E-state index in [4.69, 9.17) is 21.7 Å². The van der Waals surface area contributed by atoms with Crippen LogP contribution in [-0.2, 0) is 9.59 Å². The summed E-state index contributed by atoms with van der Waals surface area (Å²) in [4.78, 5) is 21.1. The molecule has 2 fully saturated rings. The third-order valence-electron chi connectivity index (χ3n) is 6.56. The van der Waals surface area contributed by atoms with Crippen LogP contribution in [-0.4, -0.2) is 35.2 Å². The van der Waals surface area contributed by atoms with Crippen LogP contribution in [0.25, 0.3) is 0 Å². The summed E-state index contributed by atoms with van der Waals surface area (Å²) < 4.78 is 0. The van der Waals surface area contributed by atoms with Crippen molar-refractivity contribution in [1.29, 1.82) is 0 Å². The normalized spacial score (nSPS) is 34.4. The highest BCUT2D eigenvalue weighted by atomic mass is 16.4. The van der Waals surface area contributed by atoms with Crippen molar-refractivity contribution >= 4 is 11.9 Å². The molecule has 2 aliphatic rings. The van der Waals surface area contributed by atoms with Gasteiger partial charge in [0, 0.05) is 0 Å². The standard InChI is InChI=1S/C9H17NO2.C8H15NO2/c1-6-3-7(2)9(6,5-10)4-8(11)12;1-6-2-3-8(6,5-9)4-7(10)11/h6-7H,3-5,10H2,1-2H3,(H,11,12);6H,2-5,9H2,1H3,(H,10,11)/t6-,7-;6?,8-/m00/s1. The zero-order valence-electron chi connectivity index (χ0n) is 14.5. The molecule has 2 aliphatic carbocycles. The first-order valence-electron chi connectivity index (χ1n) is 8.47. The van der Waals surface area contributed by atoms with Crippen molar-refractivity contribution in [3.05, 3.63) is 0 Å². The van der Waals surface area contributed by atoms with Crippen molar-refractivity contribution in [2.24, 2.45) is 40.1 Å². The molecule has 1 unspecified atom stereocenters. The predicted molar refractivity (Wildman–Crippen MR) is 88.8 cm³/mol. The molecule has 0 aliphatic heterocycles. The van der Waals surface area contributed by atoms with Crippen LogP contribution in [0.3, 0.4) is 0 Å². The van der Waals surface area contributed by atoms with Crippen LogP contribution in [0, 0.1) is 28.6 Å². The smallest absolute Gasteiger partial charge is 0.303 e. The molecule has 0 aromatic rings. The minimum atomic E-state index is -0.723. The van der Waals surface area contributed by atoms with Crippen LogP contribution in [0.5, 0.6) is 0 Å². The van der Waals surface area contributed by atoms with Crippen molar-refractivity contribution in [3.63, 3.8) is 0 Å². The molecule has 0 amide bonds. The van der Waals surface area contributed by atoms with Gasteiger partial charge in [-0.2, -0.15) is 0 Å². The van der Waals surface area contributed by atoms with Crippen LogP contribution in [0.15, 0.2) is 0 Å². The average molecular weight is 328 g/mol. The second-order valence-electron chi connectivity index (χ2n) is 7.62. The Bertz CT molecular complexity index is 428. The lowest BCUT2D eigenvalue weighted by molar-refractivity contribution is -0.146. The van der Waals surface area contributed by atoms with Crippen LogP contribution >= 0.6 is 0 Å². The minimum absolute atomic E-state index is 0.0775. The summed E-state index contributed by atoms with van der Waals surface area (Å²) in [6, 6.07) is 0. The van der Waals surface area contributed by atoms with E-state index in [1.807, 2.05) is 0 Å². The summed E-state index contributed by atoms with van der Waals surface area (Å²) >= 11 is 0. The molecule has 134 valence electrons. The third-order valence-corrected chi connectivity index (χ3v) is 6.56. The lowest BCUT2D eigenvalue weighted by Crippen LogP contribution is -2.52. The van der Waals surface area contributed by atoms with E-state index in [-0.39, 0.29) is 23.7 Å². The Morgan fingerprint density at radius 1 is 0.957 bits per heavy atom. The van der Waals surface area contributed by atoms with Crippen molar-refractivity contribution in [1.82, 2.24) is 0 Å². The number of carbonyl (C=O) groups is 2. The minimum Gasteiger partial charge on any atom is -0.481 e. The Labute approximate surface area is 138 Å². The molecule has 0 heterocycles. The van der Waals surface area contributed by atoms with E-state index < -0.39 is 11.9 Å². The SMILES string of the molecule is CC1CC[C@@]1(CN)CC(=O)O.C[C@H]1C[C@H](C)C1(CN)CC(=O)O. The van der Waals surface area contributed by atoms with Gasteiger partial charge in [-0.1, -0.05) is 20.8 Å². The molecular weight excluding hydrogens is 296 g/mol. The number of carboxylic acids is 2. The highest BCUT2D eigenvalue weighted by Gasteiger charge is 2.50. The van der Waals surface area contributed by atoms with Crippen LogP contribution < -0.4 is 11.5 Å². The molecule has 6 N–H and O–H groups in total. The van der Waals surface area contributed by atoms with Gasteiger partial charge in [0.05, 0.1) is 12.8 Å². The fourth-order valence-corrected chi connectivity index (χ4v) is 4.21. The van der Waals surface area contributed by atoms with E-state index in [1.165, 1.54) is 0 Å². The summed E-state index contributed by atoms with van der Waals surface area (Å²) in [5.41, 5.74) is 11.0. The van der Waals surface area contributed by atoms with Crippen LogP contribution in [0.4, 0.5) is 0 Å². The van der Waals surface area contributed by atoms with E-state index in [9.17, 15) is 9.59 Å². The number of carboxylic acid groups (broad SMARTS) is 2. The molecule has 23 heavy (non-hydrogen) atoms. The first kappa shape index (κ1) is 19.9. The molecular formula is C17H32N2O4. The maximum absolute atomic E-state index is 10.6. The average Bonchev–Trinajstić information content (AvgIpc) is 2.48. The molecule has 0 aromatic heterocycles. The van der Waals surface area contributed by atoms with Crippen molar-refractivity contribution in [3.8, 4) is 0 Å². The van der Waals surface area contributed by atoms with Gasteiger partial charge in [0.1, 0.15) is 0 Å². The molecule has 0 bridgehead atoms. The zero-order valence-corrected chi connectivity index (χ0v) is 14.5. The first-order chi connectivity index (χ1) is 10.6. The largest absolute Gasteiger partial charge is 0.481 e. The van der Waals surface area contributed by atoms with E-state index in [0.717, 1.165) is 19.3 Å². The summed E-state index contributed by atoms with van der Waals surface area (Å²) in [5.74, 6) is -0.0216. The second kappa shape index (κ2) is 7.62. The Morgan fingerprint density at radius 2 is 1.48 bits per heavy atom. The van der Waals surface area contributed by atoms with E-state index in [1.54, 1.807) is 0 Å². The van der Waals surface area contributed by atoms with Crippen molar-refractivity contribution in [2.45, 2.75) is 52.9 Å².